The van der Waals surface area contributed by atoms with E-state index in [1.807, 2.05) is 0 Å². The van der Waals surface area contributed by atoms with Crippen LogP contribution in [-0.4, -0.2) is 13.2 Å². The quantitative estimate of drug-likeness (QED) is 0.0353. The van der Waals surface area contributed by atoms with Gasteiger partial charge in [0, 0.05) is 23.3 Å². The number of hydrogen-bond acceptors (Lipinski definition) is 2. The lowest BCUT2D eigenvalue weighted by Crippen LogP contribution is -2.03. The SMILES string of the molecule is CCCCCCCCCCCCOc1cc(C#Cc2c3ccccc3cc3ccccc23)c(OCCCCCCCCCCCC)cc1C#Cc1cc(C)ccc1C. The fourth-order valence-electron chi connectivity index (χ4n) is 7.82. The van der Waals surface area contributed by atoms with Gasteiger partial charge in [0.05, 0.1) is 24.3 Å². The molecule has 0 saturated carbocycles. The Labute approximate surface area is 352 Å². The molecule has 5 rings (SSSR count). The molecule has 306 valence electrons. The van der Waals surface area contributed by atoms with Crippen LogP contribution < -0.4 is 9.47 Å². The smallest absolute Gasteiger partial charge is 0.136 e. The normalized spacial score (nSPS) is 11.0. The van der Waals surface area contributed by atoms with Crippen LogP contribution in [0.1, 0.15) is 176 Å². The lowest BCUT2D eigenvalue weighted by molar-refractivity contribution is 0.295. The highest BCUT2D eigenvalue weighted by Crippen LogP contribution is 2.31. The van der Waals surface area contributed by atoms with Crippen molar-refractivity contribution in [2.24, 2.45) is 0 Å². The Bertz CT molecular complexity index is 2060. The van der Waals surface area contributed by atoms with Crippen LogP contribution in [-0.2, 0) is 0 Å². The Hall–Kier alpha value is -4.66. The highest BCUT2D eigenvalue weighted by atomic mass is 16.5. The average molecular weight is 775 g/mol. The summed E-state index contributed by atoms with van der Waals surface area (Å²) in [4.78, 5) is 0. The highest BCUT2D eigenvalue weighted by molar-refractivity contribution is 6.04. The van der Waals surface area contributed by atoms with Crippen molar-refractivity contribution in [1.82, 2.24) is 0 Å². The van der Waals surface area contributed by atoms with Crippen LogP contribution in [0.2, 0.25) is 0 Å². The number of benzene rings is 5. The number of unbranched alkanes of at least 4 members (excludes halogenated alkanes) is 18. The lowest BCUT2D eigenvalue weighted by atomic mass is 9.97. The van der Waals surface area contributed by atoms with E-state index in [4.69, 9.17) is 9.47 Å². The van der Waals surface area contributed by atoms with Crippen LogP contribution in [0, 0.1) is 37.5 Å². The van der Waals surface area contributed by atoms with E-state index in [0.29, 0.717) is 13.2 Å². The van der Waals surface area contributed by atoms with Crippen molar-refractivity contribution in [3.63, 3.8) is 0 Å². The third kappa shape index (κ3) is 14.6. The van der Waals surface area contributed by atoms with Crippen LogP contribution in [0.4, 0.5) is 0 Å². The molecular weight excluding hydrogens is 705 g/mol. The van der Waals surface area contributed by atoms with E-state index in [1.54, 1.807) is 0 Å². The van der Waals surface area contributed by atoms with Gasteiger partial charge < -0.3 is 9.47 Å². The van der Waals surface area contributed by atoms with Gasteiger partial charge in [-0.15, -0.1) is 0 Å². The maximum Gasteiger partial charge on any atom is 0.136 e. The van der Waals surface area contributed by atoms with E-state index in [9.17, 15) is 0 Å². The van der Waals surface area contributed by atoms with Gasteiger partial charge in [0.2, 0.25) is 0 Å². The first-order valence-corrected chi connectivity index (χ1v) is 23.0. The van der Waals surface area contributed by atoms with Gasteiger partial charge in [0.25, 0.3) is 0 Å². The van der Waals surface area contributed by atoms with Gasteiger partial charge in [-0.25, -0.2) is 0 Å². The summed E-state index contributed by atoms with van der Waals surface area (Å²) in [6, 6.07) is 30.0. The van der Waals surface area contributed by atoms with Crippen LogP contribution in [0.3, 0.4) is 0 Å². The molecule has 0 fully saturated rings. The largest absolute Gasteiger partial charge is 0.492 e. The van der Waals surface area contributed by atoms with Crippen molar-refractivity contribution >= 4 is 21.5 Å². The Morgan fingerprint density at radius 1 is 0.397 bits per heavy atom. The van der Waals surface area contributed by atoms with Gasteiger partial charge in [0.1, 0.15) is 11.5 Å². The van der Waals surface area contributed by atoms with Crippen molar-refractivity contribution in [3.05, 3.63) is 118 Å². The Morgan fingerprint density at radius 3 is 1.29 bits per heavy atom. The monoisotopic (exact) mass is 775 g/mol. The molecule has 58 heavy (non-hydrogen) atoms. The summed E-state index contributed by atoms with van der Waals surface area (Å²) in [5.74, 6) is 15.8. The van der Waals surface area contributed by atoms with E-state index >= 15 is 0 Å². The van der Waals surface area contributed by atoms with E-state index in [-0.39, 0.29) is 0 Å². The fraction of sp³-hybridized carbons (Fsp3) is 0.464. The maximum absolute atomic E-state index is 6.65. The molecule has 0 aliphatic carbocycles. The predicted octanol–water partition coefficient (Wildman–Crippen LogP) is 16.0. The molecule has 0 aliphatic heterocycles. The summed E-state index contributed by atoms with van der Waals surface area (Å²) in [5, 5.41) is 4.71. The van der Waals surface area contributed by atoms with Crippen molar-refractivity contribution in [2.75, 3.05) is 13.2 Å². The minimum Gasteiger partial charge on any atom is -0.492 e. The molecule has 0 aliphatic rings. The Morgan fingerprint density at radius 2 is 0.810 bits per heavy atom. The van der Waals surface area contributed by atoms with Gasteiger partial charge in [-0.05, 0) is 71.5 Å². The van der Waals surface area contributed by atoms with E-state index in [2.05, 4.69) is 136 Å². The minimum absolute atomic E-state index is 0.658. The minimum atomic E-state index is 0.658. The lowest BCUT2D eigenvalue weighted by Gasteiger charge is -2.14. The van der Waals surface area contributed by atoms with Crippen LogP contribution in [0.15, 0.2) is 84.9 Å². The average Bonchev–Trinajstić information content (AvgIpc) is 3.24. The second-order valence-electron chi connectivity index (χ2n) is 16.4. The van der Waals surface area contributed by atoms with E-state index < -0.39 is 0 Å². The zero-order valence-electron chi connectivity index (χ0n) is 36.5. The molecule has 0 spiro atoms. The summed E-state index contributed by atoms with van der Waals surface area (Å²) in [6.45, 7) is 10.1. The Balaban J connectivity index is 1.39. The van der Waals surface area contributed by atoms with Gasteiger partial charge in [-0.1, -0.05) is 214 Å². The third-order valence-electron chi connectivity index (χ3n) is 11.4. The second kappa shape index (κ2) is 25.6. The second-order valence-corrected chi connectivity index (χ2v) is 16.4. The molecule has 5 aromatic carbocycles. The molecule has 0 aromatic heterocycles. The van der Waals surface area contributed by atoms with Gasteiger partial charge >= 0.3 is 0 Å². The predicted molar refractivity (Wildman–Crippen MR) is 250 cm³/mol. The first-order chi connectivity index (χ1) is 28.6. The molecule has 0 amide bonds. The zero-order chi connectivity index (χ0) is 40.6. The molecule has 0 radical (unpaired) electrons. The molecular formula is C56H70O2. The molecule has 0 saturated heterocycles. The van der Waals surface area contributed by atoms with Crippen molar-refractivity contribution in [3.8, 4) is 35.2 Å². The molecule has 0 atom stereocenters. The summed E-state index contributed by atoms with van der Waals surface area (Å²) >= 11 is 0. The molecule has 0 heterocycles. The van der Waals surface area contributed by atoms with Crippen LogP contribution >= 0.6 is 0 Å². The first kappa shape index (κ1) is 44.4. The fourth-order valence-corrected chi connectivity index (χ4v) is 7.82. The van der Waals surface area contributed by atoms with E-state index in [1.165, 1.54) is 137 Å². The number of rotatable bonds is 24. The molecule has 0 unspecified atom stereocenters. The van der Waals surface area contributed by atoms with Gasteiger partial charge in [-0.2, -0.15) is 0 Å². The van der Waals surface area contributed by atoms with Crippen molar-refractivity contribution < 1.29 is 9.47 Å². The third-order valence-corrected chi connectivity index (χ3v) is 11.4. The topological polar surface area (TPSA) is 18.5 Å². The molecule has 2 heteroatoms. The van der Waals surface area contributed by atoms with Crippen molar-refractivity contribution in [2.45, 2.75) is 156 Å². The summed E-state index contributed by atoms with van der Waals surface area (Å²) in [5.41, 5.74) is 6.17. The number of fused-ring (bicyclic) bond motifs is 2. The first-order valence-electron chi connectivity index (χ1n) is 23.0. The van der Waals surface area contributed by atoms with Crippen LogP contribution in [0.5, 0.6) is 11.5 Å². The van der Waals surface area contributed by atoms with Crippen LogP contribution in [0.25, 0.3) is 21.5 Å². The van der Waals surface area contributed by atoms with E-state index in [0.717, 1.165) is 57.4 Å². The number of hydrogen-bond donors (Lipinski definition) is 0. The standard InChI is InChI=1S/C56H70O2/c1-5-7-9-11-13-15-17-19-21-27-39-57-55-44-51(37-38-54-52-31-25-23-29-48(52)42-49-30-24-26-32-53(49)54)56(58-40-28-22-20-18-16-14-12-10-8-6-2)43-50(55)36-35-47-41-45(3)33-34-46(47)4/h23-26,29-34,41-44H,5-22,27-28,39-40H2,1-4H3. The Kier molecular flexibility index (Phi) is 19.7. The molecule has 0 N–H and O–H groups in total. The molecule has 2 nitrogen and oxygen atoms in total. The summed E-state index contributed by atoms with van der Waals surface area (Å²) in [6.07, 6.45) is 25.8. The molecule has 5 aromatic rings. The maximum atomic E-state index is 6.65. The highest BCUT2D eigenvalue weighted by Gasteiger charge is 2.13. The summed E-state index contributed by atoms with van der Waals surface area (Å²) < 4.78 is 13.3. The van der Waals surface area contributed by atoms with Gasteiger partial charge in [-0.3, -0.25) is 0 Å². The van der Waals surface area contributed by atoms with Crippen molar-refractivity contribution in [1.29, 1.82) is 0 Å². The van der Waals surface area contributed by atoms with Gasteiger partial charge in [0.15, 0.2) is 0 Å². The zero-order valence-corrected chi connectivity index (χ0v) is 36.5. The summed E-state index contributed by atoms with van der Waals surface area (Å²) in [7, 11) is 0. The number of aryl methyl sites for hydroxylation is 2. The molecule has 0 bridgehead atoms. The number of ether oxygens (including phenoxy) is 2.